The van der Waals surface area contributed by atoms with Crippen LogP contribution in [-0.4, -0.2) is 29.3 Å². The molecule has 1 amide bonds. The molecule has 0 bridgehead atoms. The minimum absolute atomic E-state index is 0.00566. The summed E-state index contributed by atoms with van der Waals surface area (Å²) >= 11 is 0. The van der Waals surface area contributed by atoms with Crippen LogP contribution in [0.15, 0.2) is 30.3 Å². The molecule has 2 heterocycles. The molecule has 24 heavy (non-hydrogen) atoms. The van der Waals surface area contributed by atoms with Crippen LogP contribution in [0.2, 0.25) is 0 Å². The number of benzene rings is 1. The molecule has 126 valence electrons. The van der Waals surface area contributed by atoms with Crippen molar-refractivity contribution in [1.82, 2.24) is 10.2 Å². The molecule has 0 radical (unpaired) electrons. The summed E-state index contributed by atoms with van der Waals surface area (Å²) in [5.74, 6) is 1.09. The highest BCUT2D eigenvalue weighted by molar-refractivity contribution is 5.91. The van der Waals surface area contributed by atoms with Crippen molar-refractivity contribution in [3.8, 4) is 0 Å². The highest BCUT2D eigenvalue weighted by Crippen LogP contribution is 2.19. The first-order valence-electron chi connectivity index (χ1n) is 8.18. The number of carbonyl (C=O) groups is 1. The first kappa shape index (κ1) is 16.4. The molecule has 0 unspecified atom stereocenters. The maximum absolute atomic E-state index is 12.2. The van der Waals surface area contributed by atoms with Gasteiger partial charge in [-0.1, -0.05) is 6.07 Å². The number of aryl methyl sites for hydroxylation is 2. The van der Waals surface area contributed by atoms with E-state index in [0.717, 1.165) is 18.5 Å². The summed E-state index contributed by atoms with van der Waals surface area (Å²) in [5, 5.41) is 14.2. The predicted octanol–water partition coefficient (Wildman–Crippen LogP) is 3.20. The van der Waals surface area contributed by atoms with E-state index in [4.69, 9.17) is 4.74 Å². The van der Waals surface area contributed by atoms with E-state index in [-0.39, 0.29) is 11.8 Å². The Bertz CT molecular complexity index is 709. The summed E-state index contributed by atoms with van der Waals surface area (Å²) in [7, 11) is 0. The van der Waals surface area contributed by atoms with E-state index in [1.165, 1.54) is 11.1 Å². The second kappa shape index (κ2) is 7.40. The summed E-state index contributed by atoms with van der Waals surface area (Å²) in [6.45, 7) is 5.43. The standard InChI is InChI=1S/C18H22N4O2/c1-12-3-4-15(11-13(12)2)19-16-5-6-17(22-21-16)20-18(23)14-7-9-24-10-8-14/h3-6,11,14H,7-10H2,1-2H3,(H,19,21)(H,20,22,23). The maximum atomic E-state index is 12.2. The van der Waals surface area contributed by atoms with Crippen LogP contribution in [0.5, 0.6) is 0 Å². The highest BCUT2D eigenvalue weighted by Gasteiger charge is 2.21. The zero-order valence-corrected chi connectivity index (χ0v) is 14.0. The van der Waals surface area contributed by atoms with Gasteiger partial charge in [0, 0.05) is 24.8 Å². The van der Waals surface area contributed by atoms with Gasteiger partial charge in [-0.15, -0.1) is 10.2 Å². The SMILES string of the molecule is Cc1ccc(Nc2ccc(NC(=O)C3CCOCC3)nn2)cc1C. The van der Waals surface area contributed by atoms with E-state index in [9.17, 15) is 4.79 Å². The fourth-order valence-electron chi connectivity index (χ4n) is 2.62. The highest BCUT2D eigenvalue weighted by atomic mass is 16.5. The van der Waals surface area contributed by atoms with Crippen molar-refractivity contribution in [3.63, 3.8) is 0 Å². The summed E-state index contributed by atoms with van der Waals surface area (Å²) < 4.78 is 5.27. The van der Waals surface area contributed by atoms with Crippen molar-refractivity contribution in [1.29, 1.82) is 0 Å². The Hall–Kier alpha value is -2.47. The summed E-state index contributed by atoms with van der Waals surface area (Å²) in [5.41, 5.74) is 3.43. The number of anilines is 3. The number of amides is 1. The van der Waals surface area contributed by atoms with Crippen LogP contribution < -0.4 is 10.6 Å². The van der Waals surface area contributed by atoms with Crippen LogP contribution in [0, 0.1) is 19.8 Å². The lowest BCUT2D eigenvalue weighted by Crippen LogP contribution is -2.28. The molecule has 2 aromatic rings. The molecule has 1 fully saturated rings. The molecule has 1 aliphatic rings. The fourth-order valence-corrected chi connectivity index (χ4v) is 2.62. The fraction of sp³-hybridized carbons (Fsp3) is 0.389. The van der Waals surface area contributed by atoms with Crippen molar-refractivity contribution in [3.05, 3.63) is 41.5 Å². The zero-order chi connectivity index (χ0) is 16.9. The molecule has 0 saturated carbocycles. The predicted molar refractivity (Wildman–Crippen MR) is 93.4 cm³/mol. The van der Waals surface area contributed by atoms with Crippen molar-refractivity contribution in [2.24, 2.45) is 5.92 Å². The molecular formula is C18H22N4O2. The quantitative estimate of drug-likeness (QED) is 0.902. The van der Waals surface area contributed by atoms with Crippen molar-refractivity contribution >= 4 is 23.2 Å². The summed E-state index contributed by atoms with van der Waals surface area (Å²) in [4.78, 5) is 12.2. The molecule has 0 spiro atoms. The lowest BCUT2D eigenvalue weighted by atomic mass is 9.99. The van der Waals surface area contributed by atoms with E-state index >= 15 is 0 Å². The Morgan fingerprint density at radius 2 is 1.75 bits per heavy atom. The summed E-state index contributed by atoms with van der Waals surface area (Å²) in [6.07, 6.45) is 1.51. The first-order chi connectivity index (χ1) is 11.6. The Balaban J connectivity index is 1.60. The molecule has 1 saturated heterocycles. The Morgan fingerprint density at radius 3 is 2.42 bits per heavy atom. The zero-order valence-electron chi connectivity index (χ0n) is 14.0. The van der Waals surface area contributed by atoms with E-state index in [2.05, 4.69) is 46.8 Å². The van der Waals surface area contributed by atoms with Crippen LogP contribution in [0.25, 0.3) is 0 Å². The van der Waals surface area contributed by atoms with Crippen molar-refractivity contribution in [2.75, 3.05) is 23.8 Å². The molecule has 0 aliphatic carbocycles. The monoisotopic (exact) mass is 326 g/mol. The molecule has 1 aliphatic heterocycles. The van der Waals surface area contributed by atoms with E-state index < -0.39 is 0 Å². The number of aromatic nitrogens is 2. The van der Waals surface area contributed by atoms with Crippen LogP contribution in [0.4, 0.5) is 17.3 Å². The minimum Gasteiger partial charge on any atom is -0.381 e. The smallest absolute Gasteiger partial charge is 0.228 e. The molecule has 6 nitrogen and oxygen atoms in total. The van der Waals surface area contributed by atoms with Gasteiger partial charge < -0.3 is 15.4 Å². The molecule has 6 heteroatoms. The summed E-state index contributed by atoms with van der Waals surface area (Å²) in [6, 6.07) is 9.70. The second-order valence-electron chi connectivity index (χ2n) is 6.10. The number of nitrogens with one attached hydrogen (secondary N) is 2. The third-order valence-corrected chi connectivity index (χ3v) is 4.29. The molecule has 2 N–H and O–H groups in total. The van der Waals surface area contributed by atoms with Gasteiger partial charge in [-0.25, -0.2) is 0 Å². The Kier molecular flexibility index (Phi) is 5.05. The Morgan fingerprint density at radius 1 is 1.04 bits per heavy atom. The number of hydrogen-bond acceptors (Lipinski definition) is 5. The van der Waals surface area contributed by atoms with Crippen molar-refractivity contribution < 1.29 is 9.53 Å². The van der Waals surface area contributed by atoms with Crippen LogP contribution >= 0.6 is 0 Å². The van der Waals surface area contributed by atoms with E-state index in [0.29, 0.717) is 24.8 Å². The van der Waals surface area contributed by atoms with Gasteiger partial charge in [0.25, 0.3) is 0 Å². The van der Waals surface area contributed by atoms with Gasteiger partial charge >= 0.3 is 0 Å². The molecular weight excluding hydrogens is 304 g/mol. The van der Waals surface area contributed by atoms with Gasteiger partial charge in [-0.05, 0) is 62.1 Å². The average Bonchev–Trinajstić information content (AvgIpc) is 2.61. The molecule has 3 rings (SSSR count). The van der Waals surface area contributed by atoms with E-state index in [1.54, 1.807) is 6.07 Å². The Labute approximate surface area is 141 Å². The van der Waals surface area contributed by atoms with Gasteiger partial charge in [0.15, 0.2) is 11.6 Å². The lowest BCUT2D eigenvalue weighted by Gasteiger charge is -2.20. The van der Waals surface area contributed by atoms with Crippen LogP contribution in [0.3, 0.4) is 0 Å². The lowest BCUT2D eigenvalue weighted by molar-refractivity contribution is -0.122. The van der Waals surface area contributed by atoms with Gasteiger partial charge in [-0.3, -0.25) is 4.79 Å². The normalized spacial score (nSPS) is 15.1. The van der Waals surface area contributed by atoms with Crippen LogP contribution in [0.1, 0.15) is 24.0 Å². The molecule has 1 aromatic heterocycles. The van der Waals surface area contributed by atoms with Crippen molar-refractivity contribution in [2.45, 2.75) is 26.7 Å². The van der Waals surface area contributed by atoms with E-state index in [1.807, 2.05) is 12.1 Å². The number of ether oxygens (including phenoxy) is 1. The minimum atomic E-state index is -0.0116. The number of carbonyl (C=O) groups excluding carboxylic acids is 1. The number of hydrogen-bond donors (Lipinski definition) is 2. The third kappa shape index (κ3) is 4.08. The van der Waals surface area contributed by atoms with Gasteiger partial charge in [0.2, 0.25) is 5.91 Å². The molecule has 1 aromatic carbocycles. The number of nitrogens with zero attached hydrogens (tertiary/aromatic N) is 2. The second-order valence-corrected chi connectivity index (χ2v) is 6.10. The largest absolute Gasteiger partial charge is 0.381 e. The van der Waals surface area contributed by atoms with Gasteiger partial charge in [0.1, 0.15) is 0 Å². The topological polar surface area (TPSA) is 76.1 Å². The van der Waals surface area contributed by atoms with Gasteiger partial charge in [0.05, 0.1) is 0 Å². The van der Waals surface area contributed by atoms with Gasteiger partial charge in [-0.2, -0.15) is 0 Å². The number of rotatable bonds is 4. The molecule has 0 atom stereocenters. The third-order valence-electron chi connectivity index (χ3n) is 4.29. The maximum Gasteiger partial charge on any atom is 0.228 e. The van der Waals surface area contributed by atoms with Crippen LogP contribution in [-0.2, 0) is 9.53 Å². The average molecular weight is 326 g/mol. The first-order valence-corrected chi connectivity index (χ1v) is 8.18.